The van der Waals surface area contributed by atoms with E-state index in [0.29, 0.717) is 24.2 Å². The summed E-state index contributed by atoms with van der Waals surface area (Å²) in [5.74, 6) is 0.523. The van der Waals surface area contributed by atoms with Crippen LogP contribution in [0.1, 0.15) is 24.8 Å². The minimum atomic E-state index is -3.05. The van der Waals surface area contributed by atoms with Crippen LogP contribution in [-0.4, -0.2) is 37.1 Å². The topological polar surface area (TPSA) is 50.3 Å². The van der Waals surface area contributed by atoms with Gasteiger partial charge in [-0.1, -0.05) is 17.7 Å². The van der Waals surface area contributed by atoms with Crippen molar-refractivity contribution >= 4 is 21.6 Å². The van der Waals surface area contributed by atoms with Gasteiger partial charge in [0.25, 0.3) is 0 Å². The van der Waals surface area contributed by atoms with E-state index in [4.69, 9.17) is 11.6 Å². The summed E-state index contributed by atoms with van der Waals surface area (Å²) in [5.41, 5.74) is 1.17. The second kappa shape index (κ2) is 6.20. The number of rotatable bonds is 3. The van der Waals surface area contributed by atoms with E-state index >= 15 is 0 Å². The van der Waals surface area contributed by atoms with Gasteiger partial charge >= 0.3 is 0 Å². The first-order chi connectivity index (χ1) is 8.95. The lowest BCUT2D eigenvalue weighted by molar-refractivity contribution is 0.413. The van der Waals surface area contributed by atoms with Crippen molar-refractivity contribution in [2.75, 3.05) is 19.3 Å². The Hall–Kier alpha value is -0.650. The van der Waals surface area contributed by atoms with E-state index in [-0.39, 0.29) is 0 Å². The van der Waals surface area contributed by atoms with Crippen LogP contribution in [-0.2, 0) is 16.4 Å². The molecule has 0 aliphatic carbocycles. The summed E-state index contributed by atoms with van der Waals surface area (Å²) >= 11 is 5.77. The zero-order chi connectivity index (χ0) is 13.9. The van der Waals surface area contributed by atoms with Crippen LogP contribution in [0, 0.1) is 5.92 Å². The molecule has 1 atom stereocenters. The van der Waals surface area contributed by atoms with Crippen LogP contribution in [0.15, 0.2) is 18.3 Å². The number of hydrogen-bond acceptors (Lipinski definition) is 3. The third kappa shape index (κ3) is 4.44. The Morgan fingerprint density at radius 3 is 2.79 bits per heavy atom. The Labute approximate surface area is 119 Å². The van der Waals surface area contributed by atoms with Crippen molar-refractivity contribution in [2.24, 2.45) is 5.92 Å². The van der Waals surface area contributed by atoms with Gasteiger partial charge in [-0.2, -0.15) is 0 Å². The number of nitrogens with zero attached hydrogens (tertiary/aromatic N) is 2. The molecule has 2 heterocycles. The normalized spacial score (nSPS) is 22.1. The number of hydrogen-bond donors (Lipinski definition) is 0. The summed E-state index contributed by atoms with van der Waals surface area (Å²) in [6.45, 7) is 1.28. The second-order valence-electron chi connectivity index (χ2n) is 5.15. The van der Waals surface area contributed by atoms with E-state index in [1.54, 1.807) is 10.4 Å². The van der Waals surface area contributed by atoms with E-state index in [2.05, 4.69) is 4.98 Å². The molecule has 0 aromatic carbocycles. The first kappa shape index (κ1) is 14.8. The van der Waals surface area contributed by atoms with Gasteiger partial charge in [0.1, 0.15) is 5.15 Å². The molecule has 1 fully saturated rings. The van der Waals surface area contributed by atoms with Gasteiger partial charge in [0, 0.05) is 19.3 Å². The Bertz CT molecular complexity index is 516. The minimum Gasteiger partial charge on any atom is -0.244 e. The van der Waals surface area contributed by atoms with E-state index in [0.717, 1.165) is 25.7 Å². The molecule has 0 bridgehead atoms. The van der Waals surface area contributed by atoms with Crippen molar-refractivity contribution in [2.45, 2.75) is 25.7 Å². The summed E-state index contributed by atoms with van der Waals surface area (Å²) in [6, 6.07) is 3.80. The molecule has 19 heavy (non-hydrogen) atoms. The molecule has 1 saturated heterocycles. The summed E-state index contributed by atoms with van der Waals surface area (Å²) in [4.78, 5) is 4.08. The van der Waals surface area contributed by atoms with Crippen LogP contribution in [0.3, 0.4) is 0 Å². The summed E-state index contributed by atoms with van der Waals surface area (Å²) in [7, 11) is -3.05. The van der Waals surface area contributed by atoms with Crippen molar-refractivity contribution in [1.29, 1.82) is 0 Å². The van der Waals surface area contributed by atoms with Gasteiger partial charge in [-0.05, 0) is 43.2 Å². The highest BCUT2D eigenvalue weighted by atomic mass is 35.5. The van der Waals surface area contributed by atoms with Crippen molar-refractivity contribution < 1.29 is 8.42 Å². The van der Waals surface area contributed by atoms with Crippen molar-refractivity contribution in [1.82, 2.24) is 9.29 Å². The maximum Gasteiger partial charge on any atom is 0.211 e. The number of pyridine rings is 1. The Balaban J connectivity index is 1.94. The average Bonchev–Trinajstić information content (AvgIpc) is 2.57. The number of sulfonamides is 1. The molecule has 0 spiro atoms. The molecule has 0 saturated carbocycles. The Morgan fingerprint density at radius 2 is 2.16 bits per heavy atom. The fourth-order valence-corrected chi connectivity index (χ4v) is 3.54. The first-order valence-electron chi connectivity index (χ1n) is 6.51. The van der Waals surface area contributed by atoms with E-state index in [1.807, 2.05) is 12.3 Å². The molecule has 2 rings (SSSR count). The maximum absolute atomic E-state index is 11.5. The van der Waals surface area contributed by atoms with Crippen molar-refractivity contribution in [3.63, 3.8) is 0 Å². The zero-order valence-corrected chi connectivity index (χ0v) is 12.6. The van der Waals surface area contributed by atoms with Crippen LogP contribution in [0.2, 0.25) is 5.15 Å². The van der Waals surface area contributed by atoms with E-state index < -0.39 is 10.0 Å². The predicted molar refractivity (Wildman–Crippen MR) is 76.7 cm³/mol. The molecule has 6 heteroatoms. The van der Waals surface area contributed by atoms with Crippen molar-refractivity contribution in [3.05, 3.63) is 29.0 Å². The quantitative estimate of drug-likeness (QED) is 0.805. The standard InChI is InChI=1S/C13H19ClN2O2S/c1-19(17,18)16-7-2-3-11(6-8-16)9-12-4-5-13(14)15-10-12/h4-5,10-11H,2-3,6-9H2,1H3. The fraction of sp³-hybridized carbons (Fsp3) is 0.615. The molecule has 1 unspecified atom stereocenters. The monoisotopic (exact) mass is 302 g/mol. The molecular weight excluding hydrogens is 284 g/mol. The average molecular weight is 303 g/mol. The zero-order valence-electron chi connectivity index (χ0n) is 11.0. The SMILES string of the molecule is CS(=O)(=O)N1CCCC(Cc2ccc(Cl)nc2)CC1. The van der Waals surface area contributed by atoms with Gasteiger partial charge in [0.2, 0.25) is 10.0 Å². The van der Waals surface area contributed by atoms with E-state index in [1.165, 1.54) is 11.8 Å². The molecule has 106 valence electrons. The first-order valence-corrected chi connectivity index (χ1v) is 8.73. The van der Waals surface area contributed by atoms with Crippen LogP contribution in [0.4, 0.5) is 0 Å². The van der Waals surface area contributed by atoms with Crippen molar-refractivity contribution in [3.8, 4) is 0 Å². The third-order valence-electron chi connectivity index (χ3n) is 3.59. The molecule has 1 aromatic heterocycles. The van der Waals surface area contributed by atoms with Crippen LogP contribution in [0.5, 0.6) is 0 Å². The van der Waals surface area contributed by atoms with Crippen LogP contribution in [0.25, 0.3) is 0 Å². The molecule has 1 aliphatic rings. The molecule has 0 radical (unpaired) electrons. The molecule has 1 aliphatic heterocycles. The van der Waals surface area contributed by atoms with Gasteiger partial charge in [-0.3, -0.25) is 0 Å². The number of halogens is 1. The highest BCUT2D eigenvalue weighted by molar-refractivity contribution is 7.88. The van der Waals surface area contributed by atoms with Gasteiger partial charge in [-0.25, -0.2) is 17.7 Å². The molecular formula is C13H19ClN2O2S. The minimum absolute atomic E-state index is 0.507. The van der Waals surface area contributed by atoms with Gasteiger partial charge in [0.15, 0.2) is 0 Å². The molecule has 0 N–H and O–H groups in total. The smallest absolute Gasteiger partial charge is 0.211 e. The third-order valence-corrected chi connectivity index (χ3v) is 5.12. The highest BCUT2D eigenvalue weighted by Gasteiger charge is 2.22. The predicted octanol–water partition coefficient (Wildman–Crippen LogP) is 2.34. The van der Waals surface area contributed by atoms with Gasteiger partial charge in [0.05, 0.1) is 6.26 Å². The molecule has 0 amide bonds. The van der Waals surface area contributed by atoms with Crippen LogP contribution >= 0.6 is 11.6 Å². The molecule has 1 aromatic rings. The second-order valence-corrected chi connectivity index (χ2v) is 7.52. The largest absolute Gasteiger partial charge is 0.244 e. The Morgan fingerprint density at radius 1 is 1.37 bits per heavy atom. The lowest BCUT2D eigenvalue weighted by atomic mass is 9.93. The highest BCUT2D eigenvalue weighted by Crippen LogP contribution is 2.23. The fourth-order valence-electron chi connectivity index (χ4n) is 2.54. The van der Waals surface area contributed by atoms with Gasteiger partial charge < -0.3 is 0 Å². The van der Waals surface area contributed by atoms with Gasteiger partial charge in [-0.15, -0.1) is 0 Å². The summed E-state index contributed by atoms with van der Waals surface area (Å²) < 4.78 is 24.7. The summed E-state index contributed by atoms with van der Waals surface area (Å²) in [5, 5.41) is 0.507. The molecule has 4 nitrogen and oxygen atoms in total. The lowest BCUT2D eigenvalue weighted by Gasteiger charge is -2.17. The lowest BCUT2D eigenvalue weighted by Crippen LogP contribution is -2.30. The van der Waals surface area contributed by atoms with E-state index in [9.17, 15) is 8.42 Å². The summed E-state index contributed by atoms with van der Waals surface area (Å²) in [6.07, 6.45) is 6.95. The maximum atomic E-state index is 11.5. The Kier molecular flexibility index (Phi) is 4.81. The number of aromatic nitrogens is 1. The van der Waals surface area contributed by atoms with Crippen LogP contribution < -0.4 is 0 Å².